The molecule has 1 N–H and O–H groups in total. The Balaban J connectivity index is 2.74. The average Bonchev–Trinajstić information content (AvgIpc) is 2.28. The molecule has 2 atom stereocenters. The molecule has 0 saturated carbocycles. The van der Waals surface area contributed by atoms with Gasteiger partial charge in [0.1, 0.15) is 5.75 Å². The molecule has 1 aromatic carbocycles. The Labute approximate surface area is 112 Å². The summed E-state index contributed by atoms with van der Waals surface area (Å²) in [5, 5.41) is 3.57. The smallest absolute Gasteiger partial charge is 0.122 e. The minimum atomic E-state index is 0.509. The minimum Gasteiger partial charge on any atom is -0.496 e. The van der Waals surface area contributed by atoms with E-state index in [0.717, 1.165) is 12.2 Å². The van der Waals surface area contributed by atoms with E-state index in [4.69, 9.17) is 4.74 Å². The molecule has 0 saturated heterocycles. The van der Waals surface area contributed by atoms with Gasteiger partial charge in [0, 0.05) is 12.1 Å². The Hall–Kier alpha value is -1.02. The first kappa shape index (κ1) is 15.0. The largest absolute Gasteiger partial charge is 0.496 e. The minimum absolute atomic E-state index is 0.509. The molecule has 0 amide bonds. The van der Waals surface area contributed by atoms with Crippen LogP contribution in [0.2, 0.25) is 0 Å². The van der Waals surface area contributed by atoms with Crippen LogP contribution < -0.4 is 10.1 Å². The lowest BCUT2D eigenvalue weighted by atomic mass is 9.93. The van der Waals surface area contributed by atoms with Crippen molar-refractivity contribution in [2.24, 2.45) is 5.92 Å². The van der Waals surface area contributed by atoms with Crippen molar-refractivity contribution in [3.05, 3.63) is 29.3 Å². The molecule has 0 aliphatic heterocycles. The van der Waals surface area contributed by atoms with Gasteiger partial charge in [-0.1, -0.05) is 38.5 Å². The molecule has 1 rings (SSSR count). The van der Waals surface area contributed by atoms with E-state index in [1.54, 1.807) is 7.11 Å². The van der Waals surface area contributed by atoms with Gasteiger partial charge in [-0.3, -0.25) is 0 Å². The molecule has 0 spiro atoms. The van der Waals surface area contributed by atoms with Crippen molar-refractivity contribution in [3.8, 4) is 5.75 Å². The first-order valence-corrected chi connectivity index (χ1v) is 6.83. The van der Waals surface area contributed by atoms with Gasteiger partial charge in [0.25, 0.3) is 0 Å². The van der Waals surface area contributed by atoms with Crippen molar-refractivity contribution in [1.29, 1.82) is 0 Å². The van der Waals surface area contributed by atoms with Gasteiger partial charge >= 0.3 is 0 Å². The summed E-state index contributed by atoms with van der Waals surface area (Å²) in [6.45, 7) is 11.1. The molecule has 18 heavy (non-hydrogen) atoms. The number of ether oxygens (including phenoxy) is 1. The molecule has 0 aliphatic rings. The Morgan fingerprint density at radius 1 is 1.17 bits per heavy atom. The van der Waals surface area contributed by atoms with Gasteiger partial charge in [0.05, 0.1) is 7.11 Å². The van der Waals surface area contributed by atoms with Crippen LogP contribution in [0.5, 0.6) is 5.75 Å². The van der Waals surface area contributed by atoms with Crippen LogP contribution in [-0.4, -0.2) is 19.2 Å². The highest BCUT2D eigenvalue weighted by molar-refractivity contribution is 5.37. The molecular formula is C16H27NO. The van der Waals surface area contributed by atoms with Crippen LogP contribution in [0.4, 0.5) is 0 Å². The molecule has 0 aliphatic carbocycles. The van der Waals surface area contributed by atoms with E-state index >= 15 is 0 Å². The highest BCUT2D eigenvalue weighted by atomic mass is 16.5. The van der Waals surface area contributed by atoms with Gasteiger partial charge in [-0.15, -0.1) is 0 Å². The summed E-state index contributed by atoms with van der Waals surface area (Å²) in [5.41, 5.74) is 2.60. The van der Waals surface area contributed by atoms with Crippen LogP contribution in [0.3, 0.4) is 0 Å². The Kier molecular flexibility index (Phi) is 5.67. The fourth-order valence-electron chi connectivity index (χ4n) is 2.28. The summed E-state index contributed by atoms with van der Waals surface area (Å²) < 4.78 is 5.44. The van der Waals surface area contributed by atoms with Crippen LogP contribution in [0.25, 0.3) is 0 Å². The first-order valence-electron chi connectivity index (χ1n) is 6.83. The standard InChI is InChI=1S/C16H27NO/c1-11(2)17-14(5)13(4)10-15-9-12(3)7-8-16(15)18-6/h7-9,11,13-14,17H,10H2,1-6H3. The third kappa shape index (κ3) is 4.34. The van der Waals surface area contributed by atoms with Gasteiger partial charge in [-0.05, 0) is 37.8 Å². The summed E-state index contributed by atoms with van der Waals surface area (Å²) >= 11 is 0. The number of nitrogens with one attached hydrogen (secondary N) is 1. The Bertz CT molecular complexity index is 373. The van der Waals surface area contributed by atoms with E-state index in [-0.39, 0.29) is 0 Å². The summed E-state index contributed by atoms with van der Waals surface area (Å²) in [7, 11) is 1.74. The highest BCUT2D eigenvalue weighted by Crippen LogP contribution is 2.23. The lowest BCUT2D eigenvalue weighted by molar-refractivity contribution is 0.362. The van der Waals surface area contributed by atoms with Crippen molar-refractivity contribution in [2.45, 2.75) is 53.1 Å². The second-order valence-electron chi connectivity index (χ2n) is 5.61. The molecule has 0 heterocycles. The monoisotopic (exact) mass is 249 g/mol. The summed E-state index contributed by atoms with van der Waals surface area (Å²) in [5.74, 6) is 1.59. The van der Waals surface area contributed by atoms with Crippen molar-refractivity contribution in [1.82, 2.24) is 5.32 Å². The molecule has 0 fully saturated rings. The second kappa shape index (κ2) is 6.79. The van der Waals surface area contributed by atoms with Crippen LogP contribution >= 0.6 is 0 Å². The van der Waals surface area contributed by atoms with Crippen LogP contribution in [0, 0.1) is 12.8 Å². The predicted octanol–water partition coefficient (Wildman–Crippen LogP) is 3.57. The molecule has 2 nitrogen and oxygen atoms in total. The quantitative estimate of drug-likeness (QED) is 0.832. The zero-order chi connectivity index (χ0) is 13.7. The van der Waals surface area contributed by atoms with E-state index in [0.29, 0.717) is 18.0 Å². The zero-order valence-corrected chi connectivity index (χ0v) is 12.6. The maximum atomic E-state index is 5.44. The van der Waals surface area contributed by atoms with Gasteiger partial charge in [0.2, 0.25) is 0 Å². The SMILES string of the molecule is COc1ccc(C)cc1CC(C)C(C)NC(C)C. The molecule has 1 aromatic rings. The molecule has 0 aromatic heterocycles. The van der Waals surface area contributed by atoms with Crippen LogP contribution in [0.1, 0.15) is 38.8 Å². The maximum absolute atomic E-state index is 5.44. The maximum Gasteiger partial charge on any atom is 0.122 e. The van der Waals surface area contributed by atoms with Gasteiger partial charge < -0.3 is 10.1 Å². The number of methoxy groups -OCH3 is 1. The summed E-state index contributed by atoms with van der Waals surface area (Å²) in [4.78, 5) is 0. The van der Waals surface area contributed by atoms with Gasteiger partial charge in [0.15, 0.2) is 0 Å². The molecular weight excluding hydrogens is 222 g/mol. The molecule has 0 bridgehead atoms. The highest BCUT2D eigenvalue weighted by Gasteiger charge is 2.15. The van der Waals surface area contributed by atoms with Crippen molar-refractivity contribution < 1.29 is 4.74 Å². The van der Waals surface area contributed by atoms with Gasteiger partial charge in [-0.25, -0.2) is 0 Å². The average molecular weight is 249 g/mol. The fourth-order valence-corrected chi connectivity index (χ4v) is 2.28. The van der Waals surface area contributed by atoms with Crippen LogP contribution in [0.15, 0.2) is 18.2 Å². The number of benzene rings is 1. The van der Waals surface area contributed by atoms with E-state index in [1.165, 1.54) is 11.1 Å². The Morgan fingerprint density at radius 2 is 1.83 bits per heavy atom. The summed E-state index contributed by atoms with van der Waals surface area (Å²) in [6.07, 6.45) is 1.05. The molecule has 2 heteroatoms. The first-order chi connectivity index (χ1) is 8.43. The fraction of sp³-hybridized carbons (Fsp3) is 0.625. The predicted molar refractivity (Wildman–Crippen MR) is 78.3 cm³/mol. The molecule has 102 valence electrons. The van der Waals surface area contributed by atoms with E-state index in [9.17, 15) is 0 Å². The third-order valence-electron chi connectivity index (χ3n) is 3.43. The van der Waals surface area contributed by atoms with Crippen molar-refractivity contribution in [2.75, 3.05) is 7.11 Å². The number of rotatable bonds is 6. The molecule has 2 unspecified atom stereocenters. The number of aryl methyl sites for hydroxylation is 1. The van der Waals surface area contributed by atoms with Crippen molar-refractivity contribution >= 4 is 0 Å². The topological polar surface area (TPSA) is 21.3 Å². The summed E-state index contributed by atoms with van der Waals surface area (Å²) in [6, 6.07) is 7.44. The lowest BCUT2D eigenvalue weighted by Crippen LogP contribution is -2.37. The van der Waals surface area contributed by atoms with E-state index in [1.807, 2.05) is 0 Å². The number of hydrogen-bond acceptors (Lipinski definition) is 2. The molecule has 0 radical (unpaired) electrons. The normalized spacial score (nSPS) is 14.6. The van der Waals surface area contributed by atoms with E-state index < -0.39 is 0 Å². The lowest BCUT2D eigenvalue weighted by Gasteiger charge is -2.24. The number of hydrogen-bond donors (Lipinski definition) is 1. The second-order valence-corrected chi connectivity index (χ2v) is 5.61. The van der Waals surface area contributed by atoms with Crippen molar-refractivity contribution in [3.63, 3.8) is 0 Å². The Morgan fingerprint density at radius 3 is 2.39 bits per heavy atom. The zero-order valence-electron chi connectivity index (χ0n) is 12.6. The van der Waals surface area contributed by atoms with Crippen LogP contribution in [-0.2, 0) is 6.42 Å². The van der Waals surface area contributed by atoms with Gasteiger partial charge in [-0.2, -0.15) is 0 Å². The third-order valence-corrected chi connectivity index (χ3v) is 3.43. The van der Waals surface area contributed by atoms with E-state index in [2.05, 4.69) is 58.1 Å².